The van der Waals surface area contributed by atoms with Gasteiger partial charge in [-0.25, -0.2) is 14.1 Å². The Hall–Kier alpha value is -0.980. The summed E-state index contributed by atoms with van der Waals surface area (Å²) in [5.74, 6) is -0.108. The third kappa shape index (κ3) is 1.55. The molecule has 0 N–H and O–H groups in total. The molecule has 2 aromatic heterocycles. The van der Waals surface area contributed by atoms with Crippen LogP contribution in [0.4, 0.5) is 4.39 Å². The van der Waals surface area contributed by atoms with Crippen LogP contribution in [0.15, 0.2) is 30.7 Å². The van der Waals surface area contributed by atoms with Crippen LogP contribution in [-0.2, 0) is 0 Å². The summed E-state index contributed by atoms with van der Waals surface area (Å²) >= 11 is 1.92. The van der Waals surface area contributed by atoms with Crippen LogP contribution in [0.5, 0.6) is 0 Å². The molecule has 2 heterocycles. The molecule has 13 heavy (non-hydrogen) atoms. The van der Waals surface area contributed by atoms with E-state index in [2.05, 4.69) is 10.1 Å². The minimum Gasteiger partial charge on any atom is -0.234 e. The van der Waals surface area contributed by atoms with E-state index < -0.39 is 0 Å². The Labute approximate surface area is 87.7 Å². The fraction of sp³-hybridized carbons (Fsp3) is 0. The highest BCUT2D eigenvalue weighted by molar-refractivity contribution is 14.1. The molecular formula is C8H5FIN3. The average Bonchev–Trinajstić information content (AvgIpc) is 2.62. The summed E-state index contributed by atoms with van der Waals surface area (Å²) in [6.07, 6.45) is 4.80. The molecule has 0 aromatic carbocycles. The molecule has 3 nitrogen and oxygen atoms in total. The Balaban J connectivity index is 2.59. The molecule has 0 amide bonds. The van der Waals surface area contributed by atoms with Gasteiger partial charge in [0.2, 0.25) is 0 Å². The maximum absolute atomic E-state index is 13.4. The number of hydrogen-bond donors (Lipinski definition) is 0. The number of hydrogen-bond acceptors (Lipinski definition) is 2. The molecule has 0 saturated heterocycles. The summed E-state index contributed by atoms with van der Waals surface area (Å²) in [4.78, 5) is 3.90. The molecule has 2 rings (SSSR count). The van der Waals surface area contributed by atoms with E-state index in [9.17, 15) is 4.39 Å². The smallest absolute Gasteiger partial charge is 0.190 e. The normalized spacial score (nSPS) is 10.3. The van der Waals surface area contributed by atoms with Crippen LogP contribution in [0.2, 0.25) is 0 Å². The van der Waals surface area contributed by atoms with Crippen LogP contribution in [0, 0.1) is 9.39 Å². The van der Waals surface area contributed by atoms with Crippen molar-refractivity contribution < 1.29 is 4.39 Å². The second kappa shape index (κ2) is 3.41. The van der Waals surface area contributed by atoms with E-state index in [1.807, 2.05) is 22.6 Å². The number of aromatic nitrogens is 3. The largest absolute Gasteiger partial charge is 0.234 e. The zero-order valence-corrected chi connectivity index (χ0v) is 8.64. The molecule has 0 spiro atoms. The third-order valence-corrected chi connectivity index (χ3v) is 2.38. The molecule has 0 aliphatic heterocycles. The summed E-state index contributed by atoms with van der Waals surface area (Å²) in [6, 6.07) is 3.34. The van der Waals surface area contributed by atoms with Crippen LogP contribution < -0.4 is 0 Å². The lowest BCUT2D eigenvalue weighted by molar-refractivity contribution is 0.593. The lowest BCUT2D eigenvalue weighted by Gasteiger charge is -2.01. The maximum Gasteiger partial charge on any atom is 0.190 e. The second-order valence-corrected chi connectivity index (χ2v) is 3.54. The average molecular weight is 289 g/mol. The van der Waals surface area contributed by atoms with E-state index in [4.69, 9.17) is 0 Å². The Morgan fingerprint density at radius 1 is 1.38 bits per heavy atom. The highest BCUT2D eigenvalue weighted by Gasteiger charge is 2.08. The predicted molar refractivity (Wildman–Crippen MR) is 54.0 cm³/mol. The monoisotopic (exact) mass is 289 g/mol. The van der Waals surface area contributed by atoms with Crippen molar-refractivity contribution >= 4 is 22.6 Å². The molecule has 66 valence electrons. The summed E-state index contributed by atoms with van der Waals surface area (Å²) in [6.45, 7) is 0. The van der Waals surface area contributed by atoms with Crippen LogP contribution >= 0.6 is 22.6 Å². The summed E-state index contributed by atoms with van der Waals surface area (Å²) in [5, 5.41) is 3.90. The molecule has 0 saturated carbocycles. The first-order valence-corrected chi connectivity index (χ1v) is 4.67. The molecule has 0 fully saturated rings. The van der Waals surface area contributed by atoms with Crippen LogP contribution in [0.3, 0.4) is 0 Å². The standard InChI is InChI=1S/C8H5FIN3/c9-7-6(10)2-4-11-8(7)13-5-1-3-12-13/h1-5H. The van der Waals surface area contributed by atoms with E-state index in [0.29, 0.717) is 3.57 Å². The zero-order chi connectivity index (χ0) is 9.26. The van der Waals surface area contributed by atoms with Gasteiger partial charge < -0.3 is 0 Å². The molecule has 5 heteroatoms. The summed E-state index contributed by atoms with van der Waals surface area (Å²) < 4.78 is 15.4. The van der Waals surface area contributed by atoms with Gasteiger partial charge in [0.1, 0.15) is 0 Å². The van der Waals surface area contributed by atoms with Crippen molar-refractivity contribution in [3.05, 3.63) is 40.1 Å². The number of halogens is 2. The second-order valence-electron chi connectivity index (χ2n) is 2.38. The van der Waals surface area contributed by atoms with Crippen molar-refractivity contribution in [2.75, 3.05) is 0 Å². The van der Waals surface area contributed by atoms with Crippen LogP contribution in [-0.4, -0.2) is 14.8 Å². The molecule has 2 aromatic rings. The van der Waals surface area contributed by atoms with Crippen molar-refractivity contribution in [3.8, 4) is 5.82 Å². The maximum atomic E-state index is 13.4. The van der Waals surface area contributed by atoms with Gasteiger partial charge in [-0.3, -0.25) is 0 Å². The number of pyridine rings is 1. The first kappa shape index (κ1) is 8.61. The molecular weight excluding hydrogens is 284 g/mol. The van der Waals surface area contributed by atoms with Gasteiger partial charge in [-0.1, -0.05) is 0 Å². The van der Waals surface area contributed by atoms with Gasteiger partial charge in [0.25, 0.3) is 0 Å². The van der Waals surface area contributed by atoms with E-state index in [0.717, 1.165) is 0 Å². The first-order chi connectivity index (χ1) is 6.29. The molecule has 0 radical (unpaired) electrons. The number of nitrogens with zero attached hydrogens (tertiary/aromatic N) is 3. The van der Waals surface area contributed by atoms with E-state index in [-0.39, 0.29) is 11.6 Å². The Bertz CT molecular complexity index is 413. The first-order valence-electron chi connectivity index (χ1n) is 3.59. The van der Waals surface area contributed by atoms with Gasteiger partial charge in [-0.15, -0.1) is 0 Å². The van der Waals surface area contributed by atoms with Crippen molar-refractivity contribution in [1.29, 1.82) is 0 Å². The van der Waals surface area contributed by atoms with Crippen molar-refractivity contribution in [1.82, 2.24) is 14.8 Å². The lowest BCUT2D eigenvalue weighted by atomic mass is 10.4. The summed E-state index contributed by atoms with van der Waals surface area (Å²) in [7, 11) is 0. The highest BCUT2D eigenvalue weighted by atomic mass is 127. The van der Waals surface area contributed by atoms with Gasteiger partial charge >= 0.3 is 0 Å². The molecule has 0 aliphatic rings. The fourth-order valence-electron chi connectivity index (χ4n) is 0.964. The SMILES string of the molecule is Fc1c(I)ccnc1-n1cccn1. The molecule has 0 atom stereocenters. The molecule has 0 unspecified atom stereocenters. The van der Waals surface area contributed by atoms with Crippen molar-refractivity contribution in [2.45, 2.75) is 0 Å². The zero-order valence-electron chi connectivity index (χ0n) is 6.48. The lowest BCUT2D eigenvalue weighted by Crippen LogP contribution is -2.02. The molecule has 0 aliphatic carbocycles. The third-order valence-electron chi connectivity index (χ3n) is 1.55. The summed E-state index contributed by atoms with van der Waals surface area (Å²) in [5.41, 5.74) is 0. The predicted octanol–water partition coefficient (Wildman–Crippen LogP) is 2.01. The van der Waals surface area contributed by atoms with Crippen molar-refractivity contribution in [2.24, 2.45) is 0 Å². The van der Waals surface area contributed by atoms with Crippen LogP contribution in [0.25, 0.3) is 5.82 Å². The number of rotatable bonds is 1. The van der Waals surface area contributed by atoms with Crippen molar-refractivity contribution in [3.63, 3.8) is 0 Å². The van der Waals surface area contributed by atoms with Gasteiger partial charge in [-0.2, -0.15) is 5.10 Å². The van der Waals surface area contributed by atoms with Gasteiger partial charge in [0.05, 0.1) is 3.57 Å². The van der Waals surface area contributed by atoms with Gasteiger partial charge in [0.15, 0.2) is 11.6 Å². The Morgan fingerprint density at radius 3 is 2.92 bits per heavy atom. The quantitative estimate of drug-likeness (QED) is 0.752. The Kier molecular flexibility index (Phi) is 2.26. The molecule has 0 bridgehead atoms. The van der Waals surface area contributed by atoms with Gasteiger partial charge in [-0.05, 0) is 34.7 Å². The topological polar surface area (TPSA) is 30.7 Å². The highest BCUT2D eigenvalue weighted by Crippen LogP contribution is 2.14. The van der Waals surface area contributed by atoms with Crippen LogP contribution in [0.1, 0.15) is 0 Å². The fourth-order valence-corrected chi connectivity index (χ4v) is 1.37. The van der Waals surface area contributed by atoms with E-state index in [1.54, 1.807) is 30.7 Å². The Morgan fingerprint density at radius 2 is 2.23 bits per heavy atom. The minimum absolute atomic E-state index is 0.233. The van der Waals surface area contributed by atoms with E-state index in [1.165, 1.54) is 4.68 Å². The van der Waals surface area contributed by atoms with E-state index >= 15 is 0 Å². The minimum atomic E-state index is -0.341. The van der Waals surface area contributed by atoms with Gasteiger partial charge in [0, 0.05) is 18.6 Å².